The van der Waals surface area contributed by atoms with E-state index in [1.54, 1.807) is 24.3 Å². The molecule has 0 radical (unpaired) electrons. The van der Waals surface area contributed by atoms with Gasteiger partial charge in [-0.2, -0.15) is 10.1 Å². The number of aliphatic hydroxyl groups is 1. The minimum absolute atomic E-state index is 0.0372. The van der Waals surface area contributed by atoms with Gasteiger partial charge in [-0.15, -0.1) is 0 Å². The zero-order valence-electron chi connectivity index (χ0n) is 17.7. The SMILES string of the molecule is Cc1ccc(OCC(=O)N2N=C(c3ccc(Cl)cc3Cl)CC2(O)c2cc(F)c(Cl)cc2Cl)cc1. The molecule has 34 heavy (non-hydrogen) atoms. The number of hydrogen-bond donors (Lipinski definition) is 1. The Bertz CT molecular complexity index is 1300. The Morgan fingerprint density at radius 3 is 2.44 bits per heavy atom. The monoisotopic (exact) mass is 540 g/mol. The second-order valence-electron chi connectivity index (χ2n) is 7.72. The molecule has 0 aliphatic carbocycles. The second kappa shape index (κ2) is 9.72. The van der Waals surface area contributed by atoms with E-state index in [2.05, 4.69) is 5.10 Å². The molecule has 4 rings (SSSR count). The van der Waals surface area contributed by atoms with E-state index in [0.717, 1.165) is 22.7 Å². The molecule has 0 saturated heterocycles. The van der Waals surface area contributed by atoms with Gasteiger partial charge in [0.05, 0.1) is 20.8 Å². The number of benzene rings is 3. The molecule has 1 aliphatic rings. The molecule has 176 valence electrons. The van der Waals surface area contributed by atoms with Crippen LogP contribution in [0.1, 0.15) is 23.1 Å². The first kappa shape index (κ1) is 24.8. The Morgan fingerprint density at radius 1 is 1.06 bits per heavy atom. The van der Waals surface area contributed by atoms with Gasteiger partial charge in [-0.05, 0) is 43.3 Å². The Kier molecular flexibility index (Phi) is 7.08. The largest absolute Gasteiger partial charge is 0.484 e. The summed E-state index contributed by atoms with van der Waals surface area (Å²) in [6.07, 6.45) is -0.217. The van der Waals surface area contributed by atoms with Gasteiger partial charge in [-0.3, -0.25) is 4.79 Å². The predicted molar refractivity (Wildman–Crippen MR) is 131 cm³/mol. The third-order valence-corrected chi connectivity index (χ3v) is 6.44. The summed E-state index contributed by atoms with van der Waals surface area (Å²) in [6, 6.07) is 14.0. The molecule has 0 bridgehead atoms. The van der Waals surface area contributed by atoms with Crippen molar-refractivity contribution in [2.45, 2.75) is 19.1 Å². The Hall–Kier alpha value is -2.35. The zero-order valence-corrected chi connectivity index (χ0v) is 20.7. The van der Waals surface area contributed by atoms with Crippen molar-refractivity contribution in [1.29, 1.82) is 0 Å². The third kappa shape index (κ3) is 4.88. The average Bonchev–Trinajstić information content (AvgIpc) is 3.13. The molecule has 1 unspecified atom stereocenters. The summed E-state index contributed by atoms with van der Waals surface area (Å²) >= 11 is 24.4. The number of rotatable bonds is 5. The van der Waals surface area contributed by atoms with E-state index in [4.69, 9.17) is 51.1 Å². The maximum atomic E-state index is 14.3. The molecular weight excluding hydrogens is 525 g/mol. The summed E-state index contributed by atoms with van der Waals surface area (Å²) in [4.78, 5) is 13.2. The van der Waals surface area contributed by atoms with Crippen LogP contribution in [0, 0.1) is 12.7 Å². The Balaban J connectivity index is 1.72. The molecular formula is C24H17Cl4FN2O3. The first-order valence-electron chi connectivity index (χ1n) is 10.0. The van der Waals surface area contributed by atoms with E-state index in [9.17, 15) is 14.3 Å². The predicted octanol–water partition coefficient (Wildman–Crippen LogP) is 6.61. The maximum absolute atomic E-state index is 14.3. The number of hydrogen-bond acceptors (Lipinski definition) is 4. The molecule has 1 atom stereocenters. The van der Waals surface area contributed by atoms with E-state index in [1.807, 2.05) is 19.1 Å². The van der Waals surface area contributed by atoms with Crippen LogP contribution in [0.3, 0.4) is 0 Å². The van der Waals surface area contributed by atoms with Gasteiger partial charge in [0.25, 0.3) is 5.91 Å². The van der Waals surface area contributed by atoms with Gasteiger partial charge in [0.1, 0.15) is 11.6 Å². The number of carbonyl (C=O) groups excluding carboxylic acids is 1. The van der Waals surface area contributed by atoms with Crippen molar-refractivity contribution in [3.05, 3.63) is 97.2 Å². The summed E-state index contributed by atoms with van der Waals surface area (Å²) in [5, 5.41) is 17.2. The van der Waals surface area contributed by atoms with Crippen molar-refractivity contribution >= 4 is 58.0 Å². The van der Waals surface area contributed by atoms with Crippen molar-refractivity contribution in [3.8, 4) is 5.75 Å². The van der Waals surface area contributed by atoms with E-state index in [0.29, 0.717) is 16.3 Å². The number of hydrazone groups is 1. The molecule has 1 heterocycles. The van der Waals surface area contributed by atoms with Crippen LogP contribution >= 0.6 is 46.4 Å². The third-order valence-electron chi connectivity index (χ3n) is 5.29. The molecule has 1 amide bonds. The van der Waals surface area contributed by atoms with Crippen molar-refractivity contribution in [3.63, 3.8) is 0 Å². The zero-order chi connectivity index (χ0) is 24.6. The number of ether oxygens (including phenoxy) is 1. The minimum atomic E-state index is -2.12. The van der Waals surface area contributed by atoms with Crippen molar-refractivity contribution in [2.24, 2.45) is 5.10 Å². The lowest BCUT2D eigenvalue weighted by molar-refractivity contribution is -0.159. The molecule has 3 aromatic carbocycles. The van der Waals surface area contributed by atoms with Crippen LogP contribution in [0.15, 0.2) is 59.7 Å². The van der Waals surface area contributed by atoms with Crippen LogP contribution in [-0.4, -0.2) is 28.3 Å². The molecule has 0 fully saturated rings. The highest BCUT2D eigenvalue weighted by atomic mass is 35.5. The lowest BCUT2D eigenvalue weighted by Crippen LogP contribution is -2.45. The van der Waals surface area contributed by atoms with Crippen LogP contribution in [0.4, 0.5) is 4.39 Å². The van der Waals surface area contributed by atoms with Crippen LogP contribution in [0.2, 0.25) is 20.1 Å². The van der Waals surface area contributed by atoms with Crippen LogP contribution < -0.4 is 4.74 Å². The Labute approximate surface area is 215 Å². The molecule has 1 N–H and O–H groups in total. The van der Waals surface area contributed by atoms with E-state index in [1.165, 1.54) is 6.07 Å². The van der Waals surface area contributed by atoms with Crippen molar-refractivity contribution < 1.29 is 19.0 Å². The topological polar surface area (TPSA) is 62.1 Å². The summed E-state index contributed by atoms with van der Waals surface area (Å²) in [6.45, 7) is 1.48. The fourth-order valence-corrected chi connectivity index (χ4v) is 4.61. The molecule has 0 spiro atoms. The number of nitrogens with zero attached hydrogens (tertiary/aromatic N) is 2. The summed E-state index contributed by atoms with van der Waals surface area (Å²) in [7, 11) is 0. The number of amides is 1. The smallest absolute Gasteiger partial charge is 0.283 e. The van der Waals surface area contributed by atoms with Crippen LogP contribution in [0.25, 0.3) is 0 Å². The summed E-state index contributed by atoms with van der Waals surface area (Å²) in [5.74, 6) is -1.03. The number of carbonyl (C=O) groups is 1. The first-order valence-corrected chi connectivity index (χ1v) is 11.5. The lowest BCUT2D eigenvalue weighted by Gasteiger charge is -2.32. The van der Waals surface area contributed by atoms with Gasteiger partial charge in [-0.1, -0.05) is 70.2 Å². The molecule has 5 nitrogen and oxygen atoms in total. The highest BCUT2D eigenvalue weighted by Gasteiger charge is 2.48. The lowest BCUT2D eigenvalue weighted by atomic mass is 9.94. The molecule has 10 heteroatoms. The molecule has 0 saturated carbocycles. The Morgan fingerprint density at radius 2 is 1.76 bits per heavy atom. The van der Waals surface area contributed by atoms with E-state index >= 15 is 0 Å². The number of halogens is 5. The standard InChI is InChI=1S/C24H17Cl4FN2O3/c1-13-2-5-15(6-3-13)34-12-23(32)31-24(33,17-9-21(29)20(28)10-19(17)27)11-22(30-31)16-7-4-14(25)8-18(16)26/h2-10,33H,11-12H2,1H3. The maximum Gasteiger partial charge on any atom is 0.283 e. The molecule has 3 aromatic rings. The van der Waals surface area contributed by atoms with E-state index < -0.39 is 24.1 Å². The van der Waals surface area contributed by atoms with Crippen LogP contribution in [-0.2, 0) is 10.5 Å². The summed E-state index contributed by atoms with van der Waals surface area (Å²) in [5.41, 5.74) is -0.442. The van der Waals surface area contributed by atoms with Gasteiger partial charge in [0.15, 0.2) is 12.3 Å². The quantitative estimate of drug-likeness (QED) is 0.370. The minimum Gasteiger partial charge on any atom is -0.484 e. The van der Waals surface area contributed by atoms with Gasteiger partial charge in [0.2, 0.25) is 0 Å². The fraction of sp³-hybridized carbons (Fsp3) is 0.167. The molecule has 0 aromatic heterocycles. The van der Waals surface area contributed by atoms with Crippen molar-refractivity contribution in [2.75, 3.05) is 6.61 Å². The normalized spacial score (nSPS) is 17.6. The van der Waals surface area contributed by atoms with E-state index in [-0.39, 0.29) is 32.8 Å². The van der Waals surface area contributed by atoms with Gasteiger partial charge in [-0.25, -0.2) is 4.39 Å². The van der Waals surface area contributed by atoms with Gasteiger partial charge < -0.3 is 9.84 Å². The first-order chi connectivity index (χ1) is 16.1. The molecule has 1 aliphatic heterocycles. The van der Waals surface area contributed by atoms with Gasteiger partial charge in [0, 0.05) is 22.6 Å². The van der Waals surface area contributed by atoms with Crippen molar-refractivity contribution in [1.82, 2.24) is 5.01 Å². The van der Waals surface area contributed by atoms with Crippen LogP contribution in [0.5, 0.6) is 5.75 Å². The second-order valence-corrected chi connectivity index (χ2v) is 9.38. The highest BCUT2D eigenvalue weighted by molar-refractivity contribution is 6.37. The fourth-order valence-electron chi connectivity index (χ4n) is 3.56. The average molecular weight is 542 g/mol. The summed E-state index contributed by atoms with van der Waals surface area (Å²) < 4.78 is 19.9. The van der Waals surface area contributed by atoms with Gasteiger partial charge >= 0.3 is 0 Å². The highest BCUT2D eigenvalue weighted by Crippen LogP contribution is 2.42. The number of aryl methyl sites for hydroxylation is 1.